The summed E-state index contributed by atoms with van der Waals surface area (Å²) in [5.74, 6) is 0. The summed E-state index contributed by atoms with van der Waals surface area (Å²) >= 11 is 0. The molecule has 1 aromatic heterocycles. The third-order valence-electron chi connectivity index (χ3n) is 2.56. The van der Waals surface area contributed by atoms with Crippen LogP contribution >= 0.6 is 0 Å². The number of amides is 1. The van der Waals surface area contributed by atoms with Crippen molar-refractivity contribution in [3.8, 4) is 0 Å². The van der Waals surface area contributed by atoms with Crippen molar-refractivity contribution in [3.63, 3.8) is 0 Å². The van der Waals surface area contributed by atoms with E-state index in [-0.39, 0.29) is 13.1 Å². The van der Waals surface area contributed by atoms with E-state index in [0.29, 0.717) is 17.5 Å². The van der Waals surface area contributed by atoms with Crippen molar-refractivity contribution in [3.05, 3.63) is 41.7 Å². The van der Waals surface area contributed by atoms with E-state index in [2.05, 4.69) is 4.98 Å². The Hall–Kier alpha value is -2.21. The zero-order valence-electron chi connectivity index (χ0n) is 11.7. The van der Waals surface area contributed by atoms with Crippen LogP contribution in [-0.4, -0.2) is 59.5 Å². The van der Waals surface area contributed by atoms with Gasteiger partial charge in [0.25, 0.3) is 0 Å². The van der Waals surface area contributed by atoms with Gasteiger partial charge in [0, 0.05) is 24.8 Å². The fraction of sp³-hybridized carbons (Fsp3) is 0.357. The Morgan fingerprint density at radius 2 is 2.05 bits per heavy atom. The Bertz CT molecular complexity index is 486. The molecule has 0 bridgehead atoms. The molecular weight excluding hydrogens is 258 g/mol. The molecule has 0 fully saturated rings. The van der Waals surface area contributed by atoms with Crippen LogP contribution in [0.5, 0.6) is 0 Å². The quantitative estimate of drug-likeness (QED) is 0.604. The molecule has 0 unspecified atom stereocenters. The number of hydrogen-bond donors (Lipinski definition) is 1. The predicted octanol–water partition coefficient (Wildman–Crippen LogP) is 1.49. The first-order valence-corrected chi connectivity index (χ1v) is 6.20. The van der Waals surface area contributed by atoms with Crippen molar-refractivity contribution in [1.29, 1.82) is 0 Å². The lowest BCUT2D eigenvalue weighted by Crippen LogP contribution is -2.29. The summed E-state index contributed by atoms with van der Waals surface area (Å²) in [7, 11) is 3.88. The number of nitrogens with zero attached hydrogens (tertiary/aromatic N) is 3. The van der Waals surface area contributed by atoms with Gasteiger partial charge in [0.05, 0.1) is 12.2 Å². The van der Waals surface area contributed by atoms with E-state index < -0.39 is 6.09 Å². The van der Waals surface area contributed by atoms with Gasteiger partial charge in [-0.1, -0.05) is 12.2 Å². The molecule has 6 heteroatoms. The molecule has 0 aromatic carbocycles. The van der Waals surface area contributed by atoms with E-state index in [0.717, 1.165) is 6.54 Å². The van der Waals surface area contributed by atoms with Crippen LogP contribution in [0.4, 0.5) is 4.79 Å². The molecule has 0 saturated carbocycles. The van der Waals surface area contributed by atoms with Crippen LogP contribution in [0.3, 0.4) is 0 Å². The van der Waals surface area contributed by atoms with Crippen LogP contribution in [0.15, 0.2) is 30.5 Å². The minimum absolute atomic E-state index is 0.156. The molecule has 0 spiro atoms. The molecule has 0 aliphatic rings. The maximum atomic E-state index is 11.2. The zero-order chi connectivity index (χ0) is 15.0. The number of likely N-dealkylation sites (N-methyl/N-ethyl adjacent to an activating group) is 1. The summed E-state index contributed by atoms with van der Waals surface area (Å²) in [4.78, 5) is 29.1. The lowest BCUT2D eigenvalue weighted by molar-refractivity contribution is 0.112. The molecule has 0 aliphatic carbocycles. The van der Waals surface area contributed by atoms with Gasteiger partial charge in [0.1, 0.15) is 6.29 Å². The summed E-state index contributed by atoms with van der Waals surface area (Å²) in [5.41, 5.74) is 1.04. The lowest BCUT2D eigenvalue weighted by Gasteiger charge is -2.17. The van der Waals surface area contributed by atoms with Crippen LogP contribution < -0.4 is 0 Å². The fourth-order valence-electron chi connectivity index (χ4n) is 1.55. The van der Waals surface area contributed by atoms with Crippen molar-refractivity contribution < 1.29 is 14.7 Å². The summed E-state index contributed by atoms with van der Waals surface area (Å²) in [6.07, 6.45) is 4.91. The number of hydrogen-bond acceptors (Lipinski definition) is 4. The van der Waals surface area contributed by atoms with E-state index in [4.69, 9.17) is 5.11 Å². The third kappa shape index (κ3) is 5.62. The maximum absolute atomic E-state index is 11.2. The summed E-state index contributed by atoms with van der Waals surface area (Å²) in [5, 5.41) is 9.15. The summed E-state index contributed by atoms with van der Waals surface area (Å²) in [6, 6.07) is 3.17. The van der Waals surface area contributed by atoms with Crippen LogP contribution in [-0.2, 0) is 6.54 Å². The number of aldehydes is 1. The fourth-order valence-corrected chi connectivity index (χ4v) is 1.55. The second-order valence-corrected chi connectivity index (χ2v) is 4.60. The number of carboxylic acid groups (broad SMARTS) is 1. The number of aromatic nitrogens is 1. The molecule has 0 aliphatic heterocycles. The van der Waals surface area contributed by atoms with Gasteiger partial charge in [-0.25, -0.2) is 4.79 Å². The molecular formula is C14H19N3O3. The summed E-state index contributed by atoms with van der Waals surface area (Å²) < 4.78 is 0. The molecule has 0 saturated heterocycles. The van der Waals surface area contributed by atoms with Crippen molar-refractivity contribution in [1.82, 2.24) is 14.8 Å². The first-order chi connectivity index (χ1) is 9.52. The highest BCUT2D eigenvalue weighted by Crippen LogP contribution is 2.04. The highest BCUT2D eigenvalue weighted by atomic mass is 16.4. The van der Waals surface area contributed by atoms with Gasteiger partial charge in [-0.3, -0.25) is 14.7 Å². The van der Waals surface area contributed by atoms with Crippen molar-refractivity contribution in [2.24, 2.45) is 0 Å². The summed E-state index contributed by atoms with van der Waals surface area (Å²) in [6.45, 7) is 1.20. The number of carbonyl (C=O) groups excluding carboxylic acids is 1. The smallest absolute Gasteiger partial charge is 0.407 e. The standard InChI is InChI=1S/C14H19N3O3/c1-16(2)7-3-4-8-17(14(19)20)10-13-9-12(11-18)5-6-15-13/h3-6,9,11H,7-8,10H2,1-2H3,(H,19,20)/b4-3+. The van der Waals surface area contributed by atoms with Gasteiger partial charge in [0.15, 0.2) is 0 Å². The van der Waals surface area contributed by atoms with Crippen LogP contribution in [0.1, 0.15) is 16.1 Å². The highest BCUT2D eigenvalue weighted by Gasteiger charge is 2.11. The van der Waals surface area contributed by atoms with Gasteiger partial charge >= 0.3 is 6.09 Å². The first-order valence-electron chi connectivity index (χ1n) is 6.20. The van der Waals surface area contributed by atoms with Crippen molar-refractivity contribution in [2.75, 3.05) is 27.2 Å². The van der Waals surface area contributed by atoms with Crippen LogP contribution in [0.25, 0.3) is 0 Å². The average Bonchev–Trinajstić information content (AvgIpc) is 2.42. The molecule has 0 atom stereocenters. The zero-order valence-corrected chi connectivity index (χ0v) is 11.7. The molecule has 1 amide bonds. The number of pyridine rings is 1. The Kier molecular flexibility index (Phi) is 6.39. The SMILES string of the molecule is CN(C)C/C=C/CN(Cc1cc(C=O)ccn1)C(=O)O. The van der Waals surface area contributed by atoms with E-state index in [1.54, 1.807) is 18.2 Å². The Morgan fingerprint density at radius 3 is 2.65 bits per heavy atom. The van der Waals surface area contributed by atoms with Crippen molar-refractivity contribution >= 4 is 12.4 Å². The van der Waals surface area contributed by atoms with Gasteiger partial charge in [0.2, 0.25) is 0 Å². The molecule has 20 heavy (non-hydrogen) atoms. The number of rotatable bonds is 7. The van der Waals surface area contributed by atoms with Gasteiger partial charge in [-0.2, -0.15) is 0 Å². The molecule has 1 rings (SSSR count). The normalized spacial score (nSPS) is 10.9. The number of carbonyl (C=O) groups is 2. The monoisotopic (exact) mass is 277 g/mol. The highest BCUT2D eigenvalue weighted by molar-refractivity contribution is 5.74. The molecule has 1 heterocycles. The van der Waals surface area contributed by atoms with E-state index in [9.17, 15) is 9.59 Å². The minimum Gasteiger partial charge on any atom is -0.465 e. The Labute approximate surface area is 118 Å². The molecule has 1 N–H and O–H groups in total. The van der Waals surface area contributed by atoms with Gasteiger partial charge in [-0.15, -0.1) is 0 Å². The maximum Gasteiger partial charge on any atom is 0.407 e. The topological polar surface area (TPSA) is 73.7 Å². The van der Waals surface area contributed by atoms with Gasteiger partial charge < -0.3 is 10.0 Å². The van der Waals surface area contributed by atoms with Crippen LogP contribution in [0, 0.1) is 0 Å². The Balaban J connectivity index is 2.64. The average molecular weight is 277 g/mol. The first kappa shape index (κ1) is 15.8. The van der Waals surface area contributed by atoms with Crippen LogP contribution in [0.2, 0.25) is 0 Å². The van der Waals surface area contributed by atoms with E-state index in [1.807, 2.05) is 25.1 Å². The largest absolute Gasteiger partial charge is 0.465 e. The molecule has 6 nitrogen and oxygen atoms in total. The minimum atomic E-state index is -1.02. The van der Waals surface area contributed by atoms with E-state index in [1.165, 1.54) is 11.1 Å². The predicted molar refractivity (Wildman–Crippen MR) is 75.8 cm³/mol. The second kappa shape index (κ2) is 8.06. The third-order valence-corrected chi connectivity index (χ3v) is 2.56. The molecule has 0 radical (unpaired) electrons. The van der Waals surface area contributed by atoms with Gasteiger partial charge in [-0.05, 0) is 26.2 Å². The molecule has 108 valence electrons. The van der Waals surface area contributed by atoms with Crippen molar-refractivity contribution in [2.45, 2.75) is 6.54 Å². The lowest BCUT2D eigenvalue weighted by atomic mass is 10.2. The Morgan fingerprint density at radius 1 is 1.35 bits per heavy atom. The molecule has 1 aromatic rings. The van der Waals surface area contributed by atoms with E-state index >= 15 is 0 Å². The second-order valence-electron chi connectivity index (χ2n) is 4.60.